The van der Waals surface area contributed by atoms with Crippen LogP contribution in [0.5, 0.6) is 5.75 Å². The van der Waals surface area contributed by atoms with Crippen molar-refractivity contribution in [1.82, 2.24) is 14.6 Å². The summed E-state index contributed by atoms with van der Waals surface area (Å²) in [5.74, 6) is 1.80. The molecule has 4 aromatic rings. The van der Waals surface area contributed by atoms with Crippen molar-refractivity contribution in [3.8, 4) is 28.3 Å². The second-order valence-corrected chi connectivity index (χ2v) is 7.62. The first-order chi connectivity index (χ1) is 14.7. The summed E-state index contributed by atoms with van der Waals surface area (Å²) >= 11 is 0. The maximum Gasteiger partial charge on any atom is 0.158 e. The minimum Gasteiger partial charge on any atom is -0.497 e. The maximum absolute atomic E-state index is 9.95. The molecule has 0 radical (unpaired) electrons. The van der Waals surface area contributed by atoms with E-state index in [1.54, 1.807) is 7.11 Å². The van der Waals surface area contributed by atoms with Gasteiger partial charge < -0.3 is 14.7 Å². The average molecular weight is 400 g/mol. The van der Waals surface area contributed by atoms with Gasteiger partial charge in [-0.3, -0.25) is 0 Å². The second kappa shape index (κ2) is 7.80. The zero-order chi connectivity index (χ0) is 20.5. The fourth-order valence-electron chi connectivity index (χ4n) is 3.96. The Labute approximate surface area is 175 Å². The van der Waals surface area contributed by atoms with E-state index in [4.69, 9.17) is 14.8 Å². The van der Waals surface area contributed by atoms with Crippen molar-refractivity contribution in [1.29, 1.82) is 0 Å². The molecule has 1 aliphatic rings. The number of hydrogen-bond donors (Lipinski definition) is 1. The summed E-state index contributed by atoms with van der Waals surface area (Å²) < 4.78 is 7.29. The number of anilines is 1. The molecule has 1 N–H and O–H groups in total. The van der Waals surface area contributed by atoms with Gasteiger partial charge in [-0.2, -0.15) is 9.61 Å². The van der Waals surface area contributed by atoms with Crippen LogP contribution in [0.25, 0.3) is 28.2 Å². The molecule has 0 spiro atoms. The summed E-state index contributed by atoms with van der Waals surface area (Å²) in [5, 5.41) is 14.8. The van der Waals surface area contributed by atoms with Gasteiger partial charge >= 0.3 is 0 Å². The van der Waals surface area contributed by atoms with Crippen molar-refractivity contribution >= 4 is 11.5 Å². The summed E-state index contributed by atoms with van der Waals surface area (Å²) in [5.41, 5.74) is 4.63. The number of aromatic nitrogens is 3. The molecule has 1 saturated heterocycles. The highest BCUT2D eigenvalue weighted by Crippen LogP contribution is 2.30. The van der Waals surface area contributed by atoms with Gasteiger partial charge in [0.2, 0.25) is 0 Å². The van der Waals surface area contributed by atoms with Crippen molar-refractivity contribution in [2.24, 2.45) is 0 Å². The molecule has 2 aromatic carbocycles. The Morgan fingerprint density at radius 3 is 2.43 bits per heavy atom. The first-order valence-electron chi connectivity index (χ1n) is 10.2. The van der Waals surface area contributed by atoms with Crippen LogP contribution in [-0.4, -0.2) is 46.0 Å². The Balaban J connectivity index is 1.65. The topological polar surface area (TPSA) is 62.9 Å². The Bertz CT molecular complexity index is 1160. The van der Waals surface area contributed by atoms with Crippen molar-refractivity contribution in [2.45, 2.75) is 18.9 Å². The van der Waals surface area contributed by atoms with Gasteiger partial charge in [0.15, 0.2) is 5.65 Å². The Kier molecular flexibility index (Phi) is 4.85. The number of aliphatic hydroxyl groups is 1. The third-order valence-electron chi connectivity index (χ3n) is 5.63. The molecule has 30 heavy (non-hydrogen) atoms. The number of benzene rings is 2. The van der Waals surface area contributed by atoms with Gasteiger partial charge in [-0.05, 0) is 25.0 Å². The molecule has 0 aliphatic carbocycles. The lowest BCUT2D eigenvalue weighted by Gasteiger charge is -2.31. The van der Waals surface area contributed by atoms with E-state index in [-0.39, 0.29) is 6.10 Å². The molecule has 0 atom stereocenters. The number of fused-ring (bicyclic) bond motifs is 1. The molecule has 152 valence electrons. The van der Waals surface area contributed by atoms with Crippen molar-refractivity contribution in [3.63, 3.8) is 0 Å². The molecule has 0 bridgehead atoms. The summed E-state index contributed by atoms with van der Waals surface area (Å²) in [6.07, 6.45) is 1.29. The van der Waals surface area contributed by atoms with E-state index >= 15 is 0 Å². The van der Waals surface area contributed by atoms with E-state index in [2.05, 4.69) is 23.1 Å². The van der Waals surface area contributed by atoms with E-state index in [1.165, 1.54) is 0 Å². The zero-order valence-electron chi connectivity index (χ0n) is 16.9. The number of nitrogens with zero attached hydrogens (tertiary/aromatic N) is 4. The van der Waals surface area contributed by atoms with Crippen molar-refractivity contribution in [2.75, 3.05) is 25.1 Å². The molecule has 5 rings (SSSR count). The van der Waals surface area contributed by atoms with Crippen LogP contribution in [0.2, 0.25) is 0 Å². The number of hydrogen-bond acceptors (Lipinski definition) is 5. The van der Waals surface area contributed by atoms with E-state index < -0.39 is 0 Å². The molecule has 0 saturated carbocycles. The Morgan fingerprint density at radius 2 is 1.67 bits per heavy atom. The van der Waals surface area contributed by atoms with Gasteiger partial charge in [-0.25, -0.2) is 4.98 Å². The number of aliphatic hydroxyl groups excluding tert-OH is 1. The average Bonchev–Trinajstić information content (AvgIpc) is 3.24. The fourth-order valence-corrected chi connectivity index (χ4v) is 3.96. The number of rotatable bonds is 4. The van der Waals surface area contributed by atoms with Crippen molar-refractivity contribution in [3.05, 3.63) is 66.7 Å². The summed E-state index contributed by atoms with van der Waals surface area (Å²) in [6.45, 7) is 1.59. The minimum atomic E-state index is -0.225. The zero-order valence-corrected chi connectivity index (χ0v) is 16.9. The van der Waals surface area contributed by atoms with E-state index in [0.29, 0.717) is 0 Å². The summed E-state index contributed by atoms with van der Waals surface area (Å²) in [7, 11) is 1.67. The molecule has 2 aromatic heterocycles. The quantitative estimate of drug-likeness (QED) is 0.560. The highest BCUT2D eigenvalue weighted by Gasteiger charge is 2.21. The predicted octanol–water partition coefficient (Wildman–Crippen LogP) is 4.03. The highest BCUT2D eigenvalue weighted by atomic mass is 16.5. The van der Waals surface area contributed by atoms with Crippen LogP contribution in [0.4, 0.5) is 5.82 Å². The monoisotopic (exact) mass is 400 g/mol. The van der Waals surface area contributed by atoms with Crippen LogP contribution >= 0.6 is 0 Å². The molecule has 0 amide bonds. The highest BCUT2D eigenvalue weighted by molar-refractivity contribution is 5.71. The van der Waals surface area contributed by atoms with Gasteiger partial charge in [0, 0.05) is 36.3 Å². The molecular weight excluding hydrogens is 376 g/mol. The smallest absolute Gasteiger partial charge is 0.158 e. The van der Waals surface area contributed by atoms with Crippen molar-refractivity contribution < 1.29 is 9.84 Å². The SMILES string of the molecule is COc1cccc(-c2cc3nc(-c4ccccc4)cc(N4CCC(O)CC4)n3n2)c1. The Hall–Kier alpha value is -3.38. The third-order valence-corrected chi connectivity index (χ3v) is 5.63. The number of ether oxygens (including phenoxy) is 1. The van der Waals surface area contributed by atoms with Crippen LogP contribution in [0, 0.1) is 0 Å². The molecule has 1 fully saturated rings. The lowest BCUT2D eigenvalue weighted by molar-refractivity contribution is 0.145. The third kappa shape index (κ3) is 3.50. The lowest BCUT2D eigenvalue weighted by Crippen LogP contribution is -2.37. The Morgan fingerprint density at radius 1 is 0.900 bits per heavy atom. The molecule has 6 heteroatoms. The van der Waals surface area contributed by atoms with Crippen LogP contribution < -0.4 is 9.64 Å². The summed E-state index contributed by atoms with van der Waals surface area (Å²) in [4.78, 5) is 7.19. The first-order valence-corrected chi connectivity index (χ1v) is 10.2. The van der Waals surface area contributed by atoms with E-state index in [0.717, 1.165) is 65.7 Å². The summed E-state index contributed by atoms with van der Waals surface area (Å²) in [6, 6.07) is 22.2. The number of piperidine rings is 1. The normalized spacial score (nSPS) is 14.9. The molecule has 6 nitrogen and oxygen atoms in total. The van der Waals surface area contributed by atoms with Gasteiger partial charge in [0.1, 0.15) is 11.6 Å². The van der Waals surface area contributed by atoms with E-state index in [9.17, 15) is 5.11 Å². The fraction of sp³-hybridized carbons (Fsp3) is 0.250. The van der Waals surface area contributed by atoms with Crippen LogP contribution in [0.3, 0.4) is 0 Å². The largest absolute Gasteiger partial charge is 0.497 e. The molecule has 1 aliphatic heterocycles. The van der Waals surface area contributed by atoms with Gasteiger partial charge in [-0.1, -0.05) is 42.5 Å². The predicted molar refractivity (Wildman–Crippen MR) is 118 cm³/mol. The van der Waals surface area contributed by atoms with Gasteiger partial charge in [0.05, 0.1) is 24.6 Å². The maximum atomic E-state index is 9.95. The number of methoxy groups -OCH3 is 1. The molecular formula is C24H24N4O2. The van der Waals surface area contributed by atoms with Gasteiger partial charge in [-0.15, -0.1) is 0 Å². The lowest BCUT2D eigenvalue weighted by atomic mass is 10.1. The van der Waals surface area contributed by atoms with Crippen LogP contribution in [0.1, 0.15) is 12.8 Å². The van der Waals surface area contributed by atoms with Crippen LogP contribution in [0.15, 0.2) is 66.7 Å². The standard InChI is InChI=1S/C24H24N4O2/c1-30-20-9-5-8-18(14-20)22-15-23-25-21(17-6-3-2-4-7-17)16-24(28(23)26-22)27-12-10-19(29)11-13-27/h2-9,14-16,19,29H,10-13H2,1H3. The minimum absolute atomic E-state index is 0.225. The second-order valence-electron chi connectivity index (χ2n) is 7.62. The first kappa shape index (κ1) is 18.6. The van der Waals surface area contributed by atoms with Crippen LogP contribution in [-0.2, 0) is 0 Å². The van der Waals surface area contributed by atoms with E-state index in [1.807, 2.05) is 53.0 Å². The molecule has 3 heterocycles. The molecule has 0 unspecified atom stereocenters. The van der Waals surface area contributed by atoms with Gasteiger partial charge in [0.25, 0.3) is 0 Å².